The number of carbonyl (C=O) groups excluding carboxylic acids is 2. The second-order valence-electron chi connectivity index (χ2n) is 8.68. The maximum absolute atomic E-state index is 13.4. The molecular formula is C25H32Cl2FN3O4S. The molecule has 0 saturated heterocycles. The average molecular weight is 561 g/mol. The number of sulfonamides is 1. The van der Waals surface area contributed by atoms with Crippen LogP contribution in [0.25, 0.3) is 0 Å². The topological polar surface area (TPSA) is 86.8 Å². The Kier molecular flexibility index (Phi) is 11.0. The summed E-state index contributed by atoms with van der Waals surface area (Å²) in [5.41, 5.74) is 0.889. The van der Waals surface area contributed by atoms with E-state index in [-0.39, 0.29) is 54.5 Å². The lowest BCUT2D eigenvalue weighted by molar-refractivity contribution is -0.140. The predicted molar refractivity (Wildman–Crippen MR) is 142 cm³/mol. The molecule has 0 bridgehead atoms. The summed E-state index contributed by atoms with van der Waals surface area (Å²) in [6.07, 6.45) is 1.94. The van der Waals surface area contributed by atoms with E-state index in [0.29, 0.717) is 10.6 Å². The molecule has 2 amide bonds. The molecule has 7 nitrogen and oxygen atoms in total. The number of nitrogens with zero attached hydrogens (tertiary/aromatic N) is 2. The molecule has 0 heterocycles. The van der Waals surface area contributed by atoms with Crippen LogP contribution in [0.2, 0.25) is 10.0 Å². The number of rotatable bonds is 12. The number of halogens is 3. The highest BCUT2D eigenvalue weighted by Crippen LogP contribution is 2.31. The van der Waals surface area contributed by atoms with E-state index >= 15 is 0 Å². The van der Waals surface area contributed by atoms with Crippen LogP contribution < -0.4 is 9.62 Å². The summed E-state index contributed by atoms with van der Waals surface area (Å²) in [5, 5.41) is 3.42. The van der Waals surface area contributed by atoms with E-state index in [2.05, 4.69) is 5.32 Å². The number of amides is 2. The van der Waals surface area contributed by atoms with Gasteiger partial charge in [0.1, 0.15) is 11.9 Å². The van der Waals surface area contributed by atoms with Crippen LogP contribution in [0, 0.1) is 5.82 Å². The Hall–Kier alpha value is -2.36. The number of nitrogens with one attached hydrogen (secondary N) is 1. The summed E-state index contributed by atoms with van der Waals surface area (Å²) in [7, 11) is -3.71. The van der Waals surface area contributed by atoms with Crippen molar-refractivity contribution in [2.45, 2.75) is 58.7 Å². The van der Waals surface area contributed by atoms with Gasteiger partial charge in [-0.15, -0.1) is 0 Å². The average Bonchev–Trinajstić information content (AvgIpc) is 2.81. The number of benzene rings is 2. The van der Waals surface area contributed by atoms with Crippen LogP contribution >= 0.6 is 23.2 Å². The smallest absolute Gasteiger partial charge is 0.242 e. The zero-order chi connectivity index (χ0) is 27.0. The molecule has 2 unspecified atom stereocenters. The quantitative estimate of drug-likeness (QED) is 0.396. The van der Waals surface area contributed by atoms with Gasteiger partial charge in [-0.2, -0.15) is 0 Å². The monoisotopic (exact) mass is 559 g/mol. The van der Waals surface area contributed by atoms with Crippen LogP contribution in [0.5, 0.6) is 0 Å². The number of hydrogen-bond acceptors (Lipinski definition) is 4. The van der Waals surface area contributed by atoms with Crippen LogP contribution in [0.4, 0.5) is 10.1 Å². The van der Waals surface area contributed by atoms with E-state index in [0.717, 1.165) is 17.0 Å². The fourth-order valence-electron chi connectivity index (χ4n) is 3.49. The van der Waals surface area contributed by atoms with Gasteiger partial charge in [0.25, 0.3) is 0 Å². The second kappa shape index (κ2) is 13.3. The van der Waals surface area contributed by atoms with Gasteiger partial charge >= 0.3 is 0 Å². The number of anilines is 1. The molecule has 0 fully saturated rings. The van der Waals surface area contributed by atoms with Crippen molar-refractivity contribution in [1.29, 1.82) is 0 Å². The van der Waals surface area contributed by atoms with Gasteiger partial charge in [-0.1, -0.05) is 42.3 Å². The molecule has 11 heteroatoms. The largest absolute Gasteiger partial charge is 0.352 e. The summed E-state index contributed by atoms with van der Waals surface area (Å²) in [6, 6.07) is 9.36. The van der Waals surface area contributed by atoms with Gasteiger partial charge < -0.3 is 10.2 Å². The normalized spacial score (nSPS) is 13.1. The van der Waals surface area contributed by atoms with Crippen molar-refractivity contribution in [2.75, 3.05) is 17.1 Å². The van der Waals surface area contributed by atoms with Gasteiger partial charge in [0, 0.05) is 30.6 Å². The summed E-state index contributed by atoms with van der Waals surface area (Å²) in [5.74, 6) is -1.04. The van der Waals surface area contributed by atoms with Crippen molar-refractivity contribution >= 4 is 50.7 Å². The Morgan fingerprint density at radius 2 is 1.72 bits per heavy atom. The van der Waals surface area contributed by atoms with Gasteiger partial charge in [0.2, 0.25) is 21.8 Å². The minimum atomic E-state index is -3.71. The molecule has 2 rings (SSSR count). The lowest BCUT2D eigenvalue weighted by atomic mass is 10.1. The van der Waals surface area contributed by atoms with E-state index in [1.807, 2.05) is 13.8 Å². The highest BCUT2D eigenvalue weighted by molar-refractivity contribution is 7.92. The lowest BCUT2D eigenvalue weighted by Crippen LogP contribution is -2.49. The summed E-state index contributed by atoms with van der Waals surface area (Å²) >= 11 is 12.2. The first-order valence-electron chi connectivity index (χ1n) is 11.6. The Morgan fingerprint density at radius 3 is 2.31 bits per heavy atom. The predicted octanol–water partition coefficient (Wildman–Crippen LogP) is 5.01. The minimum Gasteiger partial charge on any atom is -0.352 e. The third-order valence-corrected chi connectivity index (χ3v) is 7.50. The van der Waals surface area contributed by atoms with Crippen molar-refractivity contribution in [1.82, 2.24) is 10.2 Å². The van der Waals surface area contributed by atoms with Gasteiger partial charge in [-0.3, -0.25) is 13.9 Å². The van der Waals surface area contributed by atoms with Crippen molar-refractivity contribution < 1.29 is 22.4 Å². The van der Waals surface area contributed by atoms with E-state index < -0.39 is 21.9 Å². The van der Waals surface area contributed by atoms with Gasteiger partial charge in [0.05, 0.1) is 17.0 Å². The van der Waals surface area contributed by atoms with E-state index in [9.17, 15) is 22.4 Å². The first kappa shape index (κ1) is 29.9. The summed E-state index contributed by atoms with van der Waals surface area (Å²) < 4.78 is 39.4. The van der Waals surface area contributed by atoms with E-state index in [1.54, 1.807) is 25.1 Å². The molecule has 2 aromatic carbocycles. The van der Waals surface area contributed by atoms with E-state index in [1.165, 1.54) is 29.2 Å². The highest BCUT2D eigenvalue weighted by Gasteiger charge is 2.27. The molecule has 0 aromatic heterocycles. The molecule has 0 aliphatic heterocycles. The fourth-order valence-corrected chi connectivity index (χ4v) is 4.90. The summed E-state index contributed by atoms with van der Waals surface area (Å²) in [6.45, 7) is 5.54. The molecule has 0 spiro atoms. The SMILES string of the molecule is CCC(C)NC(=O)C(C)N(Cc1ccc(F)cc1)C(=O)CCCN(c1cc(Cl)ccc1Cl)S(C)(=O)=O. The van der Waals surface area contributed by atoms with Crippen molar-refractivity contribution in [3.8, 4) is 0 Å². The maximum Gasteiger partial charge on any atom is 0.242 e. The standard InChI is InChI=1S/C25H32Cl2FN3O4S/c1-5-17(2)29-25(33)18(3)30(16-19-8-11-21(28)12-9-19)24(32)7-6-14-31(36(4,34)35)23-15-20(26)10-13-22(23)27/h8-13,15,17-18H,5-7,14,16H2,1-4H3,(H,29,33). The number of hydrogen-bond donors (Lipinski definition) is 1. The lowest BCUT2D eigenvalue weighted by Gasteiger charge is -2.30. The number of carbonyl (C=O) groups is 2. The Morgan fingerprint density at radius 1 is 1.08 bits per heavy atom. The van der Waals surface area contributed by atoms with Crippen LogP contribution in [0.3, 0.4) is 0 Å². The van der Waals surface area contributed by atoms with Crippen LogP contribution in [-0.2, 0) is 26.2 Å². The Bertz CT molecular complexity index is 1160. The molecular weight excluding hydrogens is 528 g/mol. The fraction of sp³-hybridized carbons (Fsp3) is 0.440. The van der Waals surface area contributed by atoms with Gasteiger partial charge in [0.15, 0.2) is 0 Å². The highest BCUT2D eigenvalue weighted by atomic mass is 35.5. The molecule has 0 aliphatic carbocycles. The first-order valence-corrected chi connectivity index (χ1v) is 14.2. The zero-order valence-electron chi connectivity index (χ0n) is 20.8. The molecule has 0 saturated carbocycles. The van der Waals surface area contributed by atoms with Crippen LogP contribution in [-0.4, -0.2) is 50.0 Å². The zero-order valence-corrected chi connectivity index (χ0v) is 23.1. The van der Waals surface area contributed by atoms with Crippen molar-refractivity contribution in [2.24, 2.45) is 0 Å². The minimum absolute atomic E-state index is 0.0114. The molecule has 0 aliphatic rings. The Labute approximate surface area is 222 Å². The molecule has 2 aromatic rings. The third kappa shape index (κ3) is 8.64. The molecule has 198 valence electrons. The van der Waals surface area contributed by atoms with E-state index in [4.69, 9.17) is 23.2 Å². The van der Waals surface area contributed by atoms with Gasteiger partial charge in [-0.05, 0) is 62.6 Å². The molecule has 2 atom stereocenters. The molecule has 36 heavy (non-hydrogen) atoms. The summed E-state index contributed by atoms with van der Waals surface area (Å²) in [4.78, 5) is 27.5. The molecule has 1 N–H and O–H groups in total. The second-order valence-corrected chi connectivity index (χ2v) is 11.4. The first-order chi connectivity index (χ1) is 16.8. The van der Waals surface area contributed by atoms with Crippen LogP contribution in [0.15, 0.2) is 42.5 Å². The third-order valence-electron chi connectivity index (χ3n) is 5.76. The van der Waals surface area contributed by atoms with Crippen LogP contribution in [0.1, 0.15) is 45.6 Å². The van der Waals surface area contributed by atoms with Gasteiger partial charge in [-0.25, -0.2) is 12.8 Å². The molecule has 0 radical (unpaired) electrons. The Balaban J connectivity index is 2.20. The van der Waals surface area contributed by atoms with Crippen molar-refractivity contribution in [3.05, 3.63) is 63.9 Å². The maximum atomic E-state index is 13.4. The van der Waals surface area contributed by atoms with Crippen molar-refractivity contribution in [3.63, 3.8) is 0 Å².